The summed E-state index contributed by atoms with van der Waals surface area (Å²) in [6.07, 6.45) is 2.44. The van der Waals surface area contributed by atoms with Crippen LogP contribution in [-0.2, 0) is 0 Å². The summed E-state index contributed by atoms with van der Waals surface area (Å²) in [5.74, 6) is 2.04. The molecule has 1 N–H and O–H groups in total. The molecule has 0 aromatic carbocycles. The zero-order valence-corrected chi connectivity index (χ0v) is 11.4. The van der Waals surface area contributed by atoms with Gasteiger partial charge in [0.2, 0.25) is 11.7 Å². The highest BCUT2D eigenvalue weighted by molar-refractivity contribution is 7.08. The van der Waals surface area contributed by atoms with E-state index in [0.29, 0.717) is 11.3 Å². The van der Waals surface area contributed by atoms with Gasteiger partial charge in [-0.25, -0.2) is 0 Å². The van der Waals surface area contributed by atoms with Crippen molar-refractivity contribution in [2.75, 3.05) is 13.1 Å². The summed E-state index contributed by atoms with van der Waals surface area (Å²) in [6, 6.07) is 2.03. The third-order valence-electron chi connectivity index (χ3n) is 3.99. The van der Waals surface area contributed by atoms with E-state index in [4.69, 9.17) is 4.52 Å². The van der Waals surface area contributed by atoms with Crippen LogP contribution in [0.3, 0.4) is 0 Å². The molecule has 0 radical (unpaired) electrons. The van der Waals surface area contributed by atoms with Crippen molar-refractivity contribution < 1.29 is 4.52 Å². The summed E-state index contributed by atoms with van der Waals surface area (Å²) in [5.41, 5.74) is 1.49. The highest BCUT2D eigenvalue weighted by Crippen LogP contribution is 2.62. The Labute approximate surface area is 115 Å². The Morgan fingerprint density at radius 3 is 3.17 bits per heavy atom. The van der Waals surface area contributed by atoms with E-state index in [9.17, 15) is 0 Å². The summed E-state index contributed by atoms with van der Waals surface area (Å²) < 4.78 is 5.41. The summed E-state index contributed by atoms with van der Waals surface area (Å²) in [6.45, 7) is 2.23. The van der Waals surface area contributed by atoms with Crippen molar-refractivity contribution >= 4 is 23.7 Å². The van der Waals surface area contributed by atoms with Crippen LogP contribution in [0.2, 0.25) is 0 Å². The van der Waals surface area contributed by atoms with E-state index in [1.54, 1.807) is 11.3 Å². The first-order chi connectivity index (χ1) is 8.37. The van der Waals surface area contributed by atoms with Gasteiger partial charge in [0, 0.05) is 23.4 Å². The van der Waals surface area contributed by atoms with Crippen molar-refractivity contribution in [3.05, 3.63) is 22.7 Å². The Morgan fingerprint density at radius 2 is 2.44 bits per heavy atom. The van der Waals surface area contributed by atoms with Gasteiger partial charge in [-0.15, -0.1) is 12.4 Å². The molecule has 96 valence electrons. The van der Waals surface area contributed by atoms with Crippen LogP contribution in [0.15, 0.2) is 21.3 Å². The summed E-state index contributed by atoms with van der Waals surface area (Å²) in [5, 5.41) is 11.6. The van der Waals surface area contributed by atoms with E-state index >= 15 is 0 Å². The van der Waals surface area contributed by atoms with Gasteiger partial charge in [-0.2, -0.15) is 16.3 Å². The van der Waals surface area contributed by atoms with Gasteiger partial charge in [-0.05, 0) is 36.2 Å². The molecule has 2 aromatic rings. The Balaban J connectivity index is 0.000001000. The first-order valence-electron chi connectivity index (χ1n) is 5.94. The van der Waals surface area contributed by atoms with Crippen LogP contribution >= 0.6 is 23.7 Å². The van der Waals surface area contributed by atoms with Crippen molar-refractivity contribution in [2.45, 2.75) is 18.8 Å². The third-order valence-corrected chi connectivity index (χ3v) is 4.67. The molecule has 2 aliphatic rings. The van der Waals surface area contributed by atoms with Gasteiger partial charge in [0.15, 0.2) is 0 Å². The maximum absolute atomic E-state index is 5.41. The quantitative estimate of drug-likeness (QED) is 0.921. The molecule has 4 rings (SSSR count). The van der Waals surface area contributed by atoms with E-state index in [1.807, 2.05) is 11.4 Å². The second-order valence-electron chi connectivity index (χ2n) is 5.01. The normalized spacial score (nSPS) is 29.4. The minimum absolute atomic E-state index is 0. The first-order valence-corrected chi connectivity index (χ1v) is 6.89. The molecule has 1 spiro atoms. The van der Waals surface area contributed by atoms with Gasteiger partial charge < -0.3 is 9.84 Å². The number of nitrogens with zero attached hydrogens (tertiary/aromatic N) is 2. The average molecular weight is 284 g/mol. The van der Waals surface area contributed by atoms with Crippen LogP contribution in [0.1, 0.15) is 24.7 Å². The Morgan fingerprint density at radius 1 is 1.50 bits per heavy atom. The smallest absolute Gasteiger partial charge is 0.230 e. The molecule has 0 bridgehead atoms. The molecule has 1 aliphatic heterocycles. The van der Waals surface area contributed by atoms with Crippen LogP contribution in [0.5, 0.6) is 0 Å². The number of halogens is 1. The SMILES string of the molecule is Cl.c1cc(-c2noc(C3CC34CCNC4)n2)cs1. The van der Waals surface area contributed by atoms with Gasteiger partial charge in [0.1, 0.15) is 0 Å². The van der Waals surface area contributed by atoms with Gasteiger partial charge in [-0.3, -0.25) is 0 Å². The van der Waals surface area contributed by atoms with E-state index in [0.717, 1.165) is 30.4 Å². The van der Waals surface area contributed by atoms with E-state index in [1.165, 1.54) is 12.8 Å². The lowest BCUT2D eigenvalue weighted by molar-refractivity contribution is 0.364. The largest absolute Gasteiger partial charge is 0.339 e. The average Bonchev–Trinajstić information content (AvgIpc) is 2.85. The third kappa shape index (κ3) is 1.77. The predicted molar refractivity (Wildman–Crippen MR) is 72.1 cm³/mol. The lowest BCUT2D eigenvalue weighted by atomic mass is 10.0. The molecule has 1 saturated heterocycles. The summed E-state index contributed by atoms with van der Waals surface area (Å²) in [7, 11) is 0. The van der Waals surface area contributed by atoms with Crippen LogP contribution < -0.4 is 5.32 Å². The van der Waals surface area contributed by atoms with Crippen LogP contribution in [0.4, 0.5) is 0 Å². The molecule has 0 amide bonds. The van der Waals surface area contributed by atoms with Crippen LogP contribution in [-0.4, -0.2) is 23.2 Å². The number of rotatable bonds is 2. The first kappa shape index (κ1) is 12.1. The number of hydrogen-bond donors (Lipinski definition) is 1. The molecular formula is C12H14ClN3OS. The van der Waals surface area contributed by atoms with E-state index < -0.39 is 0 Å². The van der Waals surface area contributed by atoms with Crippen LogP contribution in [0, 0.1) is 5.41 Å². The molecule has 2 fully saturated rings. The number of hydrogen-bond acceptors (Lipinski definition) is 5. The predicted octanol–water partition coefficient (Wildman–Crippen LogP) is 2.69. The second kappa shape index (κ2) is 4.33. The highest BCUT2D eigenvalue weighted by atomic mass is 35.5. The number of nitrogens with one attached hydrogen (secondary N) is 1. The fourth-order valence-electron chi connectivity index (χ4n) is 2.82. The van der Waals surface area contributed by atoms with Crippen molar-refractivity contribution in [3.63, 3.8) is 0 Å². The molecular weight excluding hydrogens is 270 g/mol. The molecule has 2 aromatic heterocycles. The number of aromatic nitrogens is 2. The zero-order valence-electron chi connectivity index (χ0n) is 9.76. The Bertz CT molecular complexity index is 533. The van der Waals surface area contributed by atoms with Crippen molar-refractivity contribution in [1.29, 1.82) is 0 Å². The standard InChI is InChI=1S/C12H13N3OS.ClH/c1-4-17-6-8(1)10-14-11(16-15-10)9-5-12(9)2-3-13-7-12;/h1,4,6,9,13H,2-3,5,7H2;1H. The molecule has 3 heterocycles. The van der Waals surface area contributed by atoms with Crippen molar-refractivity contribution in [3.8, 4) is 11.4 Å². The molecule has 1 aliphatic carbocycles. The highest BCUT2D eigenvalue weighted by Gasteiger charge is 2.58. The summed E-state index contributed by atoms with van der Waals surface area (Å²) in [4.78, 5) is 4.53. The van der Waals surface area contributed by atoms with Gasteiger partial charge in [0.25, 0.3) is 0 Å². The topological polar surface area (TPSA) is 51.0 Å². The van der Waals surface area contributed by atoms with Gasteiger partial charge in [-0.1, -0.05) is 5.16 Å². The maximum Gasteiger partial charge on any atom is 0.230 e. The van der Waals surface area contributed by atoms with E-state index in [2.05, 4.69) is 20.8 Å². The minimum Gasteiger partial charge on any atom is -0.339 e. The molecule has 1 saturated carbocycles. The second-order valence-corrected chi connectivity index (χ2v) is 5.79. The molecule has 2 atom stereocenters. The van der Waals surface area contributed by atoms with E-state index in [-0.39, 0.29) is 12.4 Å². The fourth-order valence-corrected chi connectivity index (χ4v) is 3.45. The Hall–Kier alpha value is -0.910. The fraction of sp³-hybridized carbons (Fsp3) is 0.500. The monoisotopic (exact) mass is 283 g/mol. The molecule has 4 nitrogen and oxygen atoms in total. The molecule has 18 heavy (non-hydrogen) atoms. The lowest BCUT2D eigenvalue weighted by Gasteiger charge is -2.02. The van der Waals surface area contributed by atoms with Gasteiger partial charge >= 0.3 is 0 Å². The maximum atomic E-state index is 5.41. The van der Waals surface area contributed by atoms with Crippen molar-refractivity contribution in [2.24, 2.45) is 5.41 Å². The summed E-state index contributed by atoms with van der Waals surface area (Å²) >= 11 is 1.65. The lowest BCUT2D eigenvalue weighted by Crippen LogP contribution is -2.10. The van der Waals surface area contributed by atoms with Gasteiger partial charge in [0.05, 0.1) is 0 Å². The molecule has 6 heteroatoms. The van der Waals surface area contributed by atoms with Crippen LogP contribution in [0.25, 0.3) is 11.4 Å². The Kier molecular flexibility index (Phi) is 2.92. The minimum atomic E-state index is 0. The number of thiophene rings is 1. The zero-order chi connectivity index (χ0) is 11.3. The van der Waals surface area contributed by atoms with Crippen molar-refractivity contribution in [1.82, 2.24) is 15.5 Å². The molecule has 2 unspecified atom stereocenters.